The van der Waals surface area contributed by atoms with Crippen molar-refractivity contribution >= 4 is 107 Å². The van der Waals surface area contributed by atoms with Gasteiger partial charge >= 0.3 is 22.4 Å². The van der Waals surface area contributed by atoms with Crippen LogP contribution in [0.25, 0.3) is 33.4 Å². The van der Waals surface area contributed by atoms with E-state index in [2.05, 4.69) is 9.60 Å². The van der Waals surface area contributed by atoms with Gasteiger partial charge in [0.1, 0.15) is 53.1 Å². The number of carboxylic acids is 1. The molecular formula is C49H45Cl2N7O12S3+2. The van der Waals surface area contributed by atoms with Crippen molar-refractivity contribution < 1.29 is 59.3 Å². The monoisotopic (exact) mass is 1090 g/mol. The molecule has 0 spiro atoms. The van der Waals surface area contributed by atoms with Gasteiger partial charge in [-0.15, -0.1) is 21.1 Å². The summed E-state index contributed by atoms with van der Waals surface area (Å²) in [5.74, 6) is -2.49. The van der Waals surface area contributed by atoms with Gasteiger partial charge in [-0.25, -0.2) is 22.9 Å². The van der Waals surface area contributed by atoms with Gasteiger partial charge in [0.05, 0.1) is 21.7 Å². The first-order chi connectivity index (χ1) is 34.7. The molecule has 4 amide bonds. The molecule has 5 heterocycles. The average Bonchev–Trinajstić information content (AvgIpc) is 3.59. The Labute approximate surface area is 432 Å². The zero-order chi connectivity index (χ0) is 51.8. The van der Waals surface area contributed by atoms with Crippen LogP contribution in [0.15, 0.2) is 130 Å². The van der Waals surface area contributed by atoms with Crippen LogP contribution < -0.4 is 25.0 Å². The summed E-state index contributed by atoms with van der Waals surface area (Å²) >= 11 is 14.4. The Bertz CT molecular complexity index is 3630. The fourth-order valence-corrected chi connectivity index (χ4v) is 13.7. The van der Waals surface area contributed by atoms with Gasteiger partial charge in [0.2, 0.25) is 21.1 Å². The third kappa shape index (κ3) is 9.03. The van der Waals surface area contributed by atoms with E-state index in [4.69, 9.17) is 32.2 Å². The zero-order valence-corrected chi connectivity index (χ0v) is 42.9. The summed E-state index contributed by atoms with van der Waals surface area (Å²) < 4.78 is 76.0. The van der Waals surface area contributed by atoms with Gasteiger partial charge in [0, 0.05) is 78.8 Å². The molecule has 10 rings (SSSR count). The van der Waals surface area contributed by atoms with Crippen molar-refractivity contribution in [2.75, 3.05) is 44.9 Å². The zero-order valence-electron chi connectivity index (χ0n) is 38.9. The van der Waals surface area contributed by atoms with Crippen molar-refractivity contribution in [3.05, 3.63) is 136 Å². The first-order valence-corrected chi connectivity index (χ1v) is 27.3. The second-order valence-electron chi connectivity index (χ2n) is 17.9. The first kappa shape index (κ1) is 50.2. The number of hydroxylamine groups is 2. The summed E-state index contributed by atoms with van der Waals surface area (Å²) in [6.07, 6.45) is 0.294. The van der Waals surface area contributed by atoms with E-state index in [9.17, 15) is 32.7 Å². The highest BCUT2D eigenvalue weighted by Crippen LogP contribution is 2.45. The number of benzene rings is 5. The highest BCUT2D eigenvalue weighted by Gasteiger charge is 2.58. The van der Waals surface area contributed by atoms with Crippen molar-refractivity contribution in [1.29, 1.82) is 0 Å². The number of sulfonamides is 1. The van der Waals surface area contributed by atoms with Gasteiger partial charge in [-0.1, -0.05) is 65.7 Å². The second kappa shape index (κ2) is 19.2. The van der Waals surface area contributed by atoms with Crippen LogP contribution in [-0.4, -0.2) is 128 Å². The summed E-state index contributed by atoms with van der Waals surface area (Å²) in [6, 6.07) is 28.7. The van der Waals surface area contributed by atoms with Crippen molar-refractivity contribution in [3.8, 4) is 22.5 Å². The first-order valence-electron chi connectivity index (χ1n) is 22.7. The molecule has 4 N–H and O–H groups in total. The molecule has 2 unspecified atom stereocenters. The number of β-lactam (4-membered cyclic amide) rings is 1. The smallest absolute Gasteiger partial charge is 0.443 e. The maximum Gasteiger partial charge on any atom is 0.443 e. The number of carbonyl (C=O) groups is 4. The number of piperidine rings is 1. The Morgan fingerprint density at radius 2 is 1.63 bits per heavy atom. The third-order valence-corrected chi connectivity index (χ3v) is 17.8. The molecular weight excluding hydrogens is 1050 g/mol. The standard InChI is InChI=1S/C49H43Cl2N7O12S3/c1-53(24-27-26-71-47-43(46(60)57(47)44(27)48(61)62)52-45(59)38-21-18-30-25-56(38)49(63)58(30)70-73(66,67)68)72(64,65)41-15-9-4-10-33(41)42-31-19-16-28(54(2)36-13-7-5-11-34(36)50)22-39(31)69-40-23-29(17-20-32(40)42)55(3)37-14-8-6-12-35(37)51/h4-17,19-20,22-23,30,38,43,47H,18,21,24-26H2,1-3H3,(H2-,52,59,61,62,66,67,68)/p+2/t30-,38?,43+,47+/m0/s1. The molecule has 3 fully saturated rings. The lowest BCUT2D eigenvalue weighted by Crippen LogP contribution is -3.18. The van der Waals surface area contributed by atoms with Gasteiger partial charge in [-0.3, -0.25) is 19.0 Å². The summed E-state index contributed by atoms with van der Waals surface area (Å²) in [5.41, 5.74) is 3.88. The molecule has 73 heavy (non-hydrogen) atoms. The van der Waals surface area contributed by atoms with Gasteiger partial charge < -0.3 is 19.7 Å². The fraction of sp³-hybridized carbons (Fsp3) is 0.245. The number of aliphatic carboxylic acids is 1. The number of para-hydroxylation sites is 2. The molecule has 3 saturated heterocycles. The summed E-state index contributed by atoms with van der Waals surface area (Å²) in [5, 5.41) is 15.3. The minimum atomic E-state index is -5.01. The Morgan fingerprint density at radius 3 is 2.36 bits per heavy atom. The van der Waals surface area contributed by atoms with Crippen LogP contribution in [0.3, 0.4) is 0 Å². The number of quaternary nitrogens is 1. The Morgan fingerprint density at radius 1 is 0.918 bits per heavy atom. The number of amides is 4. The largest absolute Gasteiger partial charge is 0.477 e. The predicted octanol–water partition coefficient (Wildman–Crippen LogP) is 4.96. The normalized spacial score (nSPS) is 21.4. The number of hydrogen-bond acceptors (Lipinski definition) is 12. The number of nitrogens with one attached hydrogen (secondary N) is 2. The van der Waals surface area contributed by atoms with Crippen molar-refractivity contribution in [1.82, 2.24) is 24.2 Å². The Hall–Kier alpha value is -6.34. The van der Waals surface area contributed by atoms with E-state index in [0.717, 1.165) is 43.4 Å². The van der Waals surface area contributed by atoms with E-state index in [1.54, 1.807) is 30.3 Å². The maximum atomic E-state index is 15.0. The van der Waals surface area contributed by atoms with Crippen LogP contribution in [0.4, 0.5) is 21.9 Å². The minimum Gasteiger partial charge on any atom is -0.477 e. The minimum absolute atomic E-state index is 0.00763. The van der Waals surface area contributed by atoms with E-state index in [-0.39, 0.29) is 40.5 Å². The van der Waals surface area contributed by atoms with E-state index in [1.165, 1.54) is 13.1 Å². The molecule has 6 aliphatic rings. The number of fused-ring (bicyclic) bond motifs is 5. The number of likely N-dealkylation sites (N-methyl/N-ethyl adjacent to an activating group) is 1. The van der Waals surface area contributed by atoms with E-state index in [1.807, 2.05) is 96.4 Å². The molecule has 0 radical (unpaired) electrons. The van der Waals surface area contributed by atoms with Crippen LogP contribution >= 0.6 is 35.0 Å². The molecule has 378 valence electrons. The van der Waals surface area contributed by atoms with Crippen molar-refractivity contribution in [2.45, 2.75) is 41.2 Å². The molecule has 5 aliphatic heterocycles. The Kier molecular flexibility index (Phi) is 13.2. The summed E-state index contributed by atoms with van der Waals surface area (Å²) in [7, 11) is -4.38. The van der Waals surface area contributed by atoms with Crippen LogP contribution in [0.1, 0.15) is 12.8 Å². The summed E-state index contributed by atoms with van der Waals surface area (Å²) in [6.45, 7) is -0.403. The molecule has 19 nitrogen and oxygen atoms in total. The molecule has 0 saturated carbocycles. The second-order valence-corrected chi connectivity index (χ2v) is 22.9. The van der Waals surface area contributed by atoms with Crippen molar-refractivity contribution in [3.63, 3.8) is 0 Å². The molecule has 1 aliphatic carbocycles. The SMILES string of the molecule is CN(c1ccc2c(-c3ccccc3S(=O)(=O)N(C)CC3=C(C(=O)O)N4C(=O)[C@@H](NC(=O)C5CC[C@H]6C[NH+]5C(=O)N6OS(=O)(=O)O)[C@H]4SC3)c3ccc(=[N+](C)c4ccccc4Cl)cc-3oc2c1)c1ccccc1Cl. The quantitative estimate of drug-likeness (QED) is 0.0519. The molecule has 4 aromatic carbocycles. The number of anilines is 2. The lowest BCUT2D eigenvalue weighted by Gasteiger charge is -2.49. The fourth-order valence-electron chi connectivity index (χ4n) is 10.0. The average molecular weight is 1090 g/mol. The molecule has 4 aromatic rings. The van der Waals surface area contributed by atoms with E-state index < -0.39 is 80.0 Å². The number of thioether (sulfide) groups is 1. The molecule has 0 aromatic heterocycles. The van der Waals surface area contributed by atoms with Crippen LogP contribution in [-0.2, 0) is 39.1 Å². The van der Waals surface area contributed by atoms with Gasteiger partial charge in [0.25, 0.3) is 11.8 Å². The maximum absolute atomic E-state index is 15.0. The molecule has 24 heteroatoms. The highest BCUT2D eigenvalue weighted by molar-refractivity contribution is 8.00. The van der Waals surface area contributed by atoms with Crippen LogP contribution in [0.2, 0.25) is 10.0 Å². The number of carboxylic acid groups (broad SMARTS) is 1. The number of urea groups is 1. The van der Waals surface area contributed by atoms with Gasteiger partial charge in [-0.05, 0) is 54.5 Å². The van der Waals surface area contributed by atoms with E-state index >= 15 is 8.42 Å². The number of hydrogen-bond donors (Lipinski definition) is 4. The lowest BCUT2D eigenvalue weighted by molar-refractivity contribution is -0.830. The number of nitrogens with zero attached hydrogens (tertiary/aromatic N) is 5. The number of carbonyl (C=O) groups excluding carboxylic acids is 3. The van der Waals surface area contributed by atoms with E-state index in [0.29, 0.717) is 48.5 Å². The number of halogens is 2. The van der Waals surface area contributed by atoms with Crippen molar-refractivity contribution in [2.24, 2.45) is 0 Å². The number of rotatable bonds is 13. The van der Waals surface area contributed by atoms with Crippen LogP contribution in [0, 0.1) is 0 Å². The third-order valence-electron chi connectivity index (χ3n) is 13.7. The topological polar surface area (TPSA) is 232 Å². The van der Waals surface area contributed by atoms with Crippen LogP contribution in [0.5, 0.6) is 0 Å². The molecule has 5 atom stereocenters. The lowest BCUT2D eigenvalue weighted by atomic mass is 9.93. The molecule has 2 bridgehead atoms. The predicted molar refractivity (Wildman–Crippen MR) is 272 cm³/mol. The van der Waals surface area contributed by atoms with Gasteiger partial charge in [-0.2, -0.15) is 17.3 Å². The van der Waals surface area contributed by atoms with Gasteiger partial charge in [0.15, 0.2) is 6.04 Å². The Balaban J connectivity index is 0.970. The highest BCUT2D eigenvalue weighted by atomic mass is 35.5. The summed E-state index contributed by atoms with van der Waals surface area (Å²) in [4.78, 5) is 56.3.